The van der Waals surface area contributed by atoms with Gasteiger partial charge in [-0.15, -0.1) is 0 Å². The molecule has 4 aromatic rings. The summed E-state index contributed by atoms with van der Waals surface area (Å²) < 4.78 is 10.5. The van der Waals surface area contributed by atoms with Crippen LogP contribution in [-0.4, -0.2) is 63.6 Å². The van der Waals surface area contributed by atoms with E-state index in [2.05, 4.69) is 30.9 Å². The highest BCUT2D eigenvalue weighted by atomic mass is 16.5. The van der Waals surface area contributed by atoms with Crippen LogP contribution in [0.3, 0.4) is 0 Å². The normalized spacial score (nSPS) is 12.9. The fourth-order valence-electron chi connectivity index (χ4n) is 5.42. The Morgan fingerprint density at radius 3 is 2.35 bits per heavy atom. The van der Waals surface area contributed by atoms with Crippen LogP contribution in [0.2, 0.25) is 0 Å². The van der Waals surface area contributed by atoms with E-state index >= 15 is 0 Å². The van der Waals surface area contributed by atoms with Crippen LogP contribution in [0.25, 0.3) is 10.9 Å². The monoisotopic (exact) mass is 656 g/mol. The maximum absolute atomic E-state index is 14.0. The number of aromatic nitrogens is 3. The summed E-state index contributed by atoms with van der Waals surface area (Å²) in [5, 5.41) is 9.46. The van der Waals surface area contributed by atoms with Crippen molar-refractivity contribution in [3.05, 3.63) is 96.2 Å². The van der Waals surface area contributed by atoms with E-state index in [-0.39, 0.29) is 50.4 Å². The molecule has 254 valence electrons. The average Bonchev–Trinajstić information content (AvgIpc) is 3.59. The molecule has 0 bridgehead atoms. The second-order valence-electron chi connectivity index (χ2n) is 12.0. The minimum absolute atomic E-state index is 0.0209. The first-order valence-corrected chi connectivity index (χ1v) is 16.2. The van der Waals surface area contributed by atoms with Crippen molar-refractivity contribution >= 4 is 34.8 Å². The third-order valence-electron chi connectivity index (χ3n) is 7.70. The van der Waals surface area contributed by atoms with E-state index in [0.717, 1.165) is 22.0 Å². The van der Waals surface area contributed by atoms with Crippen LogP contribution >= 0.6 is 0 Å². The fraction of sp³-hybridized carbons (Fsp3) is 0.389. The first-order chi connectivity index (χ1) is 23.2. The van der Waals surface area contributed by atoms with E-state index < -0.39 is 30.0 Å². The number of nitrogens with one attached hydrogen (secondary N) is 4. The third kappa shape index (κ3) is 11.2. The Kier molecular flexibility index (Phi) is 13.5. The molecule has 0 aliphatic heterocycles. The molecule has 2 aromatic heterocycles. The molecule has 0 spiro atoms. The molecule has 0 radical (unpaired) electrons. The number of H-pyrrole nitrogens is 1. The number of imidazole rings is 1. The Morgan fingerprint density at radius 1 is 0.854 bits per heavy atom. The van der Waals surface area contributed by atoms with Crippen molar-refractivity contribution in [1.82, 2.24) is 30.9 Å². The summed E-state index contributed by atoms with van der Waals surface area (Å²) in [4.78, 5) is 64.4. The van der Waals surface area contributed by atoms with Crippen molar-refractivity contribution in [1.29, 1.82) is 0 Å². The number of carbonyl (C=O) groups excluding carboxylic acids is 4. The first kappa shape index (κ1) is 35.6. The van der Waals surface area contributed by atoms with Crippen LogP contribution < -0.4 is 16.0 Å². The van der Waals surface area contributed by atoms with Gasteiger partial charge in [-0.2, -0.15) is 0 Å². The molecular formula is C36H44N6O6. The average molecular weight is 657 g/mol. The zero-order valence-corrected chi connectivity index (χ0v) is 27.6. The molecule has 12 nitrogen and oxygen atoms in total. The van der Waals surface area contributed by atoms with Crippen LogP contribution in [0, 0.1) is 5.92 Å². The van der Waals surface area contributed by atoms with Crippen LogP contribution in [0.15, 0.2) is 79.4 Å². The van der Waals surface area contributed by atoms with Crippen molar-refractivity contribution in [2.75, 3.05) is 6.61 Å². The third-order valence-corrected chi connectivity index (χ3v) is 7.70. The predicted octanol–water partition coefficient (Wildman–Crippen LogP) is 4.40. The Labute approximate surface area is 280 Å². The summed E-state index contributed by atoms with van der Waals surface area (Å²) in [6.45, 7) is 6.11. The fourth-order valence-corrected chi connectivity index (χ4v) is 5.42. The van der Waals surface area contributed by atoms with Crippen molar-refractivity contribution in [3.63, 3.8) is 0 Å². The van der Waals surface area contributed by atoms with Gasteiger partial charge in [0.05, 0.1) is 18.5 Å². The second-order valence-corrected chi connectivity index (χ2v) is 12.0. The number of hydrogen-bond acceptors (Lipinski definition) is 8. The number of carbonyl (C=O) groups is 4. The highest BCUT2D eigenvalue weighted by Crippen LogP contribution is 2.19. The van der Waals surface area contributed by atoms with Crippen molar-refractivity contribution < 1.29 is 28.7 Å². The number of fused-ring (bicyclic) bond motifs is 1. The smallest absolute Gasteiger partial charge is 0.408 e. The standard InChI is InChI=1S/C36H44N6O6/c1-4-47-33(43)16-15-27(18-24(2)3)40-34(44)32(20-28-21-37-23-39-28)41-35(45)31(42-36(46)48-22-25-10-6-5-7-11-25)19-26-12-8-14-30-29(26)13-9-17-38-30/h5-14,17,21,23-24,27,31-32H,4,15-16,18-20,22H2,1-3H3,(H,37,39)(H,40,44)(H,41,45)(H,42,46)/t27?,31-,32+/m1/s1. The molecule has 0 fully saturated rings. The van der Waals surface area contributed by atoms with E-state index in [1.165, 1.54) is 6.33 Å². The van der Waals surface area contributed by atoms with Gasteiger partial charge in [0.15, 0.2) is 0 Å². The summed E-state index contributed by atoms with van der Waals surface area (Å²) in [5.74, 6) is -1.09. The first-order valence-electron chi connectivity index (χ1n) is 16.2. The molecule has 4 rings (SSSR count). The van der Waals surface area contributed by atoms with Gasteiger partial charge in [-0.05, 0) is 48.9 Å². The molecule has 3 amide bonds. The summed E-state index contributed by atoms with van der Waals surface area (Å²) >= 11 is 0. The van der Waals surface area contributed by atoms with Crippen LogP contribution in [0.1, 0.15) is 56.9 Å². The lowest BCUT2D eigenvalue weighted by molar-refractivity contribution is -0.143. The minimum atomic E-state index is -1.09. The predicted molar refractivity (Wildman–Crippen MR) is 180 cm³/mol. The Balaban J connectivity index is 1.55. The molecule has 0 aliphatic rings. The summed E-state index contributed by atoms with van der Waals surface area (Å²) in [5.41, 5.74) is 2.96. The Bertz CT molecular complexity index is 1620. The van der Waals surface area contributed by atoms with Gasteiger partial charge < -0.3 is 30.4 Å². The van der Waals surface area contributed by atoms with Gasteiger partial charge >= 0.3 is 12.1 Å². The van der Waals surface area contributed by atoms with E-state index in [9.17, 15) is 19.2 Å². The number of aromatic amines is 1. The molecule has 48 heavy (non-hydrogen) atoms. The van der Waals surface area contributed by atoms with E-state index in [4.69, 9.17) is 9.47 Å². The summed E-state index contributed by atoms with van der Waals surface area (Å²) in [6.07, 6.45) is 5.39. The summed E-state index contributed by atoms with van der Waals surface area (Å²) in [6, 6.07) is 16.1. The minimum Gasteiger partial charge on any atom is -0.466 e. The molecule has 0 aliphatic carbocycles. The maximum Gasteiger partial charge on any atom is 0.408 e. The molecule has 2 heterocycles. The van der Waals surface area contributed by atoms with Crippen LogP contribution in [0.5, 0.6) is 0 Å². The lowest BCUT2D eigenvalue weighted by atomic mass is 9.98. The highest BCUT2D eigenvalue weighted by Gasteiger charge is 2.30. The lowest BCUT2D eigenvalue weighted by Gasteiger charge is -2.26. The van der Waals surface area contributed by atoms with Gasteiger partial charge in [-0.25, -0.2) is 9.78 Å². The number of hydrogen-bond donors (Lipinski definition) is 4. The molecule has 4 N–H and O–H groups in total. The zero-order chi connectivity index (χ0) is 34.3. The van der Waals surface area contributed by atoms with Crippen molar-refractivity contribution in [3.8, 4) is 0 Å². The van der Waals surface area contributed by atoms with Gasteiger partial charge in [0.2, 0.25) is 11.8 Å². The van der Waals surface area contributed by atoms with Crippen molar-refractivity contribution in [2.24, 2.45) is 5.92 Å². The van der Waals surface area contributed by atoms with E-state index in [0.29, 0.717) is 18.5 Å². The molecule has 0 saturated carbocycles. The van der Waals surface area contributed by atoms with Crippen LogP contribution in [-0.2, 0) is 43.3 Å². The molecule has 0 saturated heterocycles. The van der Waals surface area contributed by atoms with Gasteiger partial charge in [-0.3, -0.25) is 19.4 Å². The van der Waals surface area contributed by atoms with Gasteiger partial charge in [0.25, 0.3) is 0 Å². The van der Waals surface area contributed by atoms with E-state index in [1.54, 1.807) is 19.3 Å². The molecule has 2 aromatic carbocycles. The number of amides is 3. The number of pyridine rings is 1. The van der Waals surface area contributed by atoms with Gasteiger partial charge in [0.1, 0.15) is 18.7 Å². The van der Waals surface area contributed by atoms with Gasteiger partial charge in [0, 0.05) is 48.8 Å². The maximum atomic E-state index is 14.0. The zero-order valence-electron chi connectivity index (χ0n) is 27.6. The van der Waals surface area contributed by atoms with Crippen LogP contribution in [0.4, 0.5) is 4.79 Å². The number of esters is 1. The van der Waals surface area contributed by atoms with Crippen molar-refractivity contribution in [2.45, 2.75) is 77.6 Å². The lowest BCUT2D eigenvalue weighted by Crippen LogP contribution is -2.56. The Morgan fingerprint density at radius 2 is 1.62 bits per heavy atom. The number of benzene rings is 2. The topological polar surface area (TPSA) is 164 Å². The van der Waals surface area contributed by atoms with E-state index in [1.807, 2.05) is 74.5 Å². The van der Waals surface area contributed by atoms with Gasteiger partial charge in [-0.1, -0.05) is 62.4 Å². The second kappa shape index (κ2) is 18.2. The molecule has 1 unspecified atom stereocenters. The Hall–Kier alpha value is -5.26. The quantitative estimate of drug-likeness (QED) is 0.122. The number of rotatable bonds is 17. The number of alkyl carbamates (subject to hydrolysis) is 1. The number of ether oxygens (including phenoxy) is 2. The molecule has 12 heteroatoms. The molecular weight excluding hydrogens is 612 g/mol. The molecule has 3 atom stereocenters. The highest BCUT2D eigenvalue weighted by molar-refractivity contribution is 5.92. The summed E-state index contributed by atoms with van der Waals surface area (Å²) in [7, 11) is 0. The largest absolute Gasteiger partial charge is 0.466 e. The SMILES string of the molecule is CCOC(=O)CCC(CC(C)C)NC(=O)[C@H](Cc1cnc[nH]1)NC(=O)[C@@H](Cc1cccc2ncccc12)NC(=O)OCc1ccccc1. The number of nitrogens with zero attached hydrogens (tertiary/aromatic N) is 2.